The Balaban J connectivity index is 2.23. The van der Waals surface area contributed by atoms with Crippen LogP contribution in [0.4, 0.5) is 0 Å². The second-order valence-electron chi connectivity index (χ2n) is 7.82. The number of amides is 3. The molecule has 35 heavy (non-hydrogen) atoms. The van der Waals surface area contributed by atoms with E-state index in [-0.39, 0.29) is 12.8 Å². The molecule has 3 atom stereocenters. The highest BCUT2D eigenvalue weighted by Crippen LogP contribution is 2.07. The van der Waals surface area contributed by atoms with Crippen molar-refractivity contribution in [2.45, 2.75) is 37.4 Å². The van der Waals surface area contributed by atoms with Crippen LogP contribution < -0.4 is 21.7 Å². The average Bonchev–Trinajstić information content (AvgIpc) is 2.82. The highest BCUT2D eigenvalue weighted by molar-refractivity contribution is 5.94. The van der Waals surface area contributed by atoms with E-state index in [2.05, 4.69) is 16.0 Å². The number of hydrogen-bond donors (Lipinski definition) is 6. The van der Waals surface area contributed by atoms with E-state index in [1.165, 1.54) is 0 Å². The molecule has 0 saturated carbocycles. The van der Waals surface area contributed by atoms with Gasteiger partial charge < -0.3 is 31.9 Å². The van der Waals surface area contributed by atoms with Crippen LogP contribution in [0.2, 0.25) is 0 Å². The van der Waals surface area contributed by atoms with Crippen LogP contribution in [-0.4, -0.2) is 64.5 Å². The van der Waals surface area contributed by atoms with Gasteiger partial charge in [0.1, 0.15) is 18.6 Å². The largest absolute Gasteiger partial charge is 0.481 e. The standard InChI is InChI=1S/C24H28N4O7/c25-17(13-20(29)30)22(33)27-19(12-16-9-5-2-6-10-16)24(35)28-18(23(34)26-14-21(31)32)11-15-7-3-1-4-8-15/h1-10,17-19H,11-14,25H2,(H,26,34)(H,27,33)(H,28,35)(H,29,30)(H,31,32). The van der Waals surface area contributed by atoms with E-state index in [9.17, 15) is 24.0 Å². The Morgan fingerprint density at radius 3 is 1.60 bits per heavy atom. The Bertz CT molecular complexity index is 1030. The first-order valence-corrected chi connectivity index (χ1v) is 10.8. The van der Waals surface area contributed by atoms with Crippen molar-refractivity contribution in [2.24, 2.45) is 5.73 Å². The summed E-state index contributed by atoms with van der Waals surface area (Å²) in [5.74, 6) is -4.77. The summed E-state index contributed by atoms with van der Waals surface area (Å²) < 4.78 is 0. The molecule has 11 nitrogen and oxygen atoms in total. The SMILES string of the molecule is NC(CC(=O)O)C(=O)NC(Cc1ccccc1)C(=O)NC(Cc1ccccc1)C(=O)NCC(=O)O. The molecule has 0 spiro atoms. The van der Waals surface area contributed by atoms with Gasteiger partial charge in [0.25, 0.3) is 0 Å². The monoisotopic (exact) mass is 484 g/mol. The van der Waals surface area contributed by atoms with Crippen molar-refractivity contribution in [1.29, 1.82) is 0 Å². The Kier molecular flexibility index (Phi) is 10.4. The van der Waals surface area contributed by atoms with Gasteiger partial charge in [0.05, 0.1) is 12.5 Å². The maximum Gasteiger partial charge on any atom is 0.322 e. The molecule has 2 rings (SSSR count). The fraction of sp³-hybridized carbons (Fsp3) is 0.292. The topological polar surface area (TPSA) is 188 Å². The highest BCUT2D eigenvalue weighted by Gasteiger charge is 2.29. The van der Waals surface area contributed by atoms with Crippen LogP contribution in [0.3, 0.4) is 0 Å². The summed E-state index contributed by atoms with van der Waals surface area (Å²) in [6.45, 7) is -0.631. The minimum absolute atomic E-state index is 0.0486. The summed E-state index contributed by atoms with van der Waals surface area (Å²) in [5.41, 5.74) is 7.06. The summed E-state index contributed by atoms with van der Waals surface area (Å²) in [4.78, 5) is 60.1. The molecule has 0 radical (unpaired) electrons. The number of nitrogens with one attached hydrogen (secondary N) is 3. The van der Waals surface area contributed by atoms with E-state index in [4.69, 9.17) is 15.9 Å². The summed E-state index contributed by atoms with van der Waals surface area (Å²) >= 11 is 0. The number of hydrogen-bond acceptors (Lipinski definition) is 6. The number of carbonyl (C=O) groups is 5. The molecule has 2 aromatic carbocycles. The zero-order valence-corrected chi connectivity index (χ0v) is 18.8. The van der Waals surface area contributed by atoms with Gasteiger partial charge in [-0.25, -0.2) is 0 Å². The number of carbonyl (C=O) groups excluding carboxylic acids is 3. The van der Waals surface area contributed by atoms with Crippen LogP contribution in [-0.2, 0) is 36.8 Å². The first kappa shape index (κ1) is 27.0. The maximum atomic E-state index is 13.2. The Labute approximate surface area is 201 Å². The van der Waals surface area contributed by atoms with Gasteiger partial charge in [0.2, 0.25) is 17.7 Å². The first-order valence-electron chi connectivity index (χ1n) is 10.8. The predicted molar refractivity (Wildman–Crippen MR) is 125 cm³/mol. The molecule has 7 N–H and O–H groups in total. The van der Waals surface area contributed by atoms with Crippen LogP contribution in [0.5, 0.6) is 0 Å². The number of benzene rings is 2. The summed E-state index contributed by atoms with van der Waals surface area (Å²) in [7, 11) is 0. The van der Waals surface area contributed by atoms with E-state index in [1.54, 1.807) is 60.7 Å². The van der Waals surface area contributed by atoms with Crippen molar-refractivity contribution in [2.75, 3.05) is 6.54 Å². The molecule has 0 aliphatic rings. The van der Waals surface area contributed by atoms with Gasteiger partial charge in [-0.1, -0.05) is 60.7 Å². The molecule has 0 bridgehead atoms. The molecule has 0 saturated heterocycles. The number of rotatable bonds is 13. The molecule has 2 aromatic rings. The van der Waals surface area contributed by atoms with Gasteiger partial charge >= 0.3 is 11.9 Å². The summed E-state index contributed by atoms with van der Waals surface area (Å²) in [6.07, 6.45) is -0.505. The van der Waals surface area contributed by atoms with Crippen molar-refractivity contribution in [1.82, 2.24) is 16.0 Å². The molecule has 0 fully saturated rings. The van der Waals surface area contributed by atoms with Crippen LogP contribution in [0, 0.1) is 0 Å². The second kappa shape index (κ2) is 13.5. The van der Waals surface area contributed by atoms with Crippen molar-refractivity contribution in [3.8, 4) is 0 Å². The summed E-state index contributed by atoms with van der Waals surface area (Å²) in [5, 5.41) is 25.1. The fourth-order valence-corrected chi connectivity index (χ4v) is 3.24. The van der Waals surface area contributed by atoms with Crippen molar-refractivity contribution >= 4 is 29.7 Å². The second-order valence-corrected chi connectivity index (χ2v) is 7.82. The molecule has 0 aromatic heterocycles. The molecule has 0 aliphatic heterocycles. The number of nitrogens with two attached hydrogens (primary N) is 1. The van der Waals surface area contributed by atoms with Gasteiger partial charge in [-0.3, -0.25) is 24.0 Å². The minimum atomic E-state index is -1.38. The van der Waals surface area contributed by atoms with Gasteiger partial charge in [-0.2, -0.15) is 0 Å². The smallest absolute Gasteiger partial charge is 0.322 e. The summed E-state index contributed by atoms with van der Waals surface area (Å²) in [6, 6.07) is 13.9. The Morgan fingerprint density at radius 1 is 0.686 bits per heavy atom. The molecule has 0 heterocycles. The van der Waals surface area contributed by atoms with E-state index in [0.29, 0.717) is 5.56 Å². The van der Waals surface area contributed by atoms with Crippen LogP contribution in [0.25, 0.3) is 0 Å². The van der Waals surface area contributed by atoms with Crippen molar-refractivity contribution < 1.29 is 34.2 Å². The molecular weight excluding hydrogens is 456 g/mol. The zero-order valence-electron chi connectivity index (χ0n) is 18.8. The fourth-order valence-electron chi connectivity index (χ4n) is 3.24. The molecule has 3 amide bonds. The molecular formula is C24H28N4O7. The number of aliphatic carboxylic acids is 2. The van der Waals surface area contributed by atoms with Crippen molar-refractivity contribution in [3.05, 3.63) is 71.8 Å². The van der Waals surface area contributed by atoms with Crippen molar-refractivity contribution in [3.63, 3.8) is 0 Å². The number of carboxylic acids is 2. The van der Waals surface area contributed by atoms with Gasteiger partial charge in [0, 0.05) is 12.8 Å². The highest BCUT2D eigenvalue weighted by atomic mass is 16.4. The van der Waals surface area contributed by atoms with Crippen LogP contribution in [0.15, 0.2) is 60.7 Å². The van der Waals surface area contributed by atoms with E-state index in [0.717, 1.165) is 5.56 Å². The van der Waals surface area contributed by atoms with Gasteiger partial charge in [-0.15, -0.1) is 0 Å². The lowest BCUT2D eigenvalue weighted by atomic mass is 10.0. The third-order valence-electron chi connectivity index (χ3n) is 4.98. The normalized spacial score (nSPS) is 13.1. The van der Waals surface area contributed by atoms with E-state index < -0.39 is 60.8 Å². The molecule has 3 unspecified atom stereocenters. The quantitative estimate of drug-likeness (QED) is 0.218. The Morgan fingerprint density at radius 2 is 1.14 bits per heavy atom. The molecule has 0 aliphatic carbocycles. The van der Waals surface area contributed by atoms with E-state index in [1.807, 2.05) is 0 Å². The van der Waals surface area contributed by atoms with Crippen LogP contribution in [0.1, 0.15) is 17.5 Å². The first-order chi connectivity index (χ1) is 16.7. The molecule has 11 heteroatoms. The third kappa shape index (κ3) is 9.64. The van der Waals surface area contributed by atoms with Gasteiger partial charge in [0.15, 0.2) is 0 Å². The average molecular weight is 485 g/mol. The predicted octanol–water partition coefficient (Wildman–Crippen LogP) is -0.556. The third-order valence-corrected chi connectivity index (χ3v) is 4.98. The zero-order chi connectivity index (χ0) is 25.8. The van der Waals surface area contributed by atoms with E-state index >= 15 is 0 Å². The molecule has 186 valence electrons. The lowest BCUT2D eigenvalue weighted by Gasteiger charge is -2.24. The lowest BCUT2D eigenvalue weighted by molar-refractivity contribution is -0.139. The number of carboxylic acid groups (broad SMARTS) is 2. The minimum Gasteiger partial charge on any atom is -0.481 e. The Hall–Kier alpha value is -4.25. The van der Waals surface area contributed by atoms with Gasteiger partial charge in [-0.05, 0) is 11.1 Å². The van der Waals surface area contributed by atoms with Crippen LogP contribution >= 0.6 is 0 Å². The lowest BCUT2D eigenvalue weighted by Crippen LogP contribution is -2.57. The maximum absolute atomic E-state index is 13.2.